The number of hydrogen-bond acceptors (Lipinski definition) is 3. The van der Waals surface area contributed by atoms with Gasteiger partial charge in [0.05, 0.1) is 0 Å². The summed E-state index contributed by atoms with van der Waals surface area (Å²) in [4.78, 5) is 4.10. The van der Waals surface area contributed by atoms with Gasteiger partial charge in [-0.15, -0.1) is 0 Å². The standard InChI is InChI=1S/C16H14N2O/c17-15-6-7-16(13-8-9-18-10-14(13)15)19-11-12-4-2-1-3-5-12/h1-10H,11,17H2. The highest BCUT2D eigenvalue weighted by Crippen LogP contribution is 2.29. The first-order valence-corrected chi connectivity index (χ1v) is 6.13. The van der Waals surface area contributed by atoms with Gasteiger partial charge >= 0.3 is 0 Å². The topological polar surface area (TPSA) is 48.1 Å². The van der Waals surface area contributed by atoms with Crippen LogP contribution in [-0.2, 0) is 6.61 Å². The van der Waals surface area contributed by atoms with Crippen molar-refractivity contribution >= 4 is 16.5 Å². The number of hydrogen-bond donors (Lipinski definition) is 1. The number of pyridine rings is 1. The van der Waals surface area contributed by atoms with E-state index in [1.807, 2.05) is 48.5 Å². The lowest BCUT2D eigenvalue weighted by Crippen LogP contribution is -1.97. The molecule has 0 aliphatic carbocycles. The van der Waals surface area contributed by atoms with Gasteiger partial charge < -0.3 is 10.5 Å². The average Bonchev–Trinajstić information content (AvgIpc) is 2.48. The van der Waals surface area contributed by atoms with Crippen LogP contribution in [0.25, 0.3) is 10.8 Å². The van der Waals surface area contributed by atoms with E-state index in [0.29, 0.717) is 6.61 Å². The normalized spacial score (nSPS) is 10.5. The number of anilines is 1. The van der Waals surface area contributed by atoms with Crippen LogP contribution in [0.3, 0.4) is 0 Å². The molecule has 0 saturated carbocycles. The van der Waals surface area contributed by atoms with Gasteiger partial charge in [0, 0.05) is 28.9 Å². The summed E-state index contributed by atoms with van der Waals surface area (Å²) in [7, 11) is 0. The van der Waals surface area contributed by atoms with E-state index >= 15 is 0 Å². The molecule has 0 fully saturated rings. The second-order valence-electron chi connectivity index (χ2n) is 4.35. The Balaban J connectivity index is 1.91. The molecule has 0 spiro atoms. The van der Waals surface area contributed by atoms with Crippen molar-refractivity contribution in [1.29, 1.82) is 0 Å². The maximum atomic E-state index is 5.94. The van der Waals surface area contributed by atoms with E-state index in [1.54, 1.807) is 12.4 Å². The monoisotopic (exact) mass is 250 g/mol. The van der Waals surface area contributed by atoms with Crippen molar-refractivity contribution in [3.05, 3.63) is 66.5 Å². The molecule has 94 valence electrons. The number of rotatable bonds is 3. The van der Waals surface area contributed by atoms with Gasteiger partial charge in [0.2, 0.25) is 0 Å². The molecule has 2 aromatic carbocycles. The van der Waals surface area contributed by atoms with Gasteiger partial charge in [-0.3, -0.25) is 4.98 Å². The summed E-state index contributed by atoms with van der Waals surface area (Å²) in [5.74, 6) is 0.829. The molecule has 0 saturated heterocycles. The van der Waals surface area contributed by atoms with Crippen LogP contribution in [0.2, 0.25) is 0 Å². The van der Waals surface area contributed by atoms with Gasteiger partial charge in [-0.05, 0) is 23.8 Å². The Labute approximate surface area is 111 Å². The van der Waals surface area contributed by atoms with Crippen molar-refractivity contribution in [3.63, 3.8) is 0 Å². The third kappa shape index (κ3) is 2.36. The largest absolute Gasteiger partial charge is 0.488 e. The number of benzene rings is 2. The van der Waals surface area contributed by atoms with Crippen LogP contribution in [0.1, 0.15) is 5.56 Å². The third-order valence-corrected chi connectivity index (χ3v) is 3.05. The third-order valence-electron chi connectivity index (χ3n) is 3.05. The van der Waals surface area contributed by atoms with Gasteiger partial charge in [-0.2, -0.15) is 0 Å². The average molecular weight is 250 g/mol. The molecule has 0 aliphatic rings. The minimum Gasteiger partial charge on any atom is -0.488 e. The van der Waals surface area contributed by atoms with Crippen LogP contribution in [-0.4, -0.2) is 4.98 Å². The van der Waals surface area contributed by atoms with Crippen LogP contribution in [0.5, 0.6) is 5.75 Å². The lowest BCUT2D eigenvalue weighted by atomic mass is 10.1. The molecule has 2 N–H and O–H groups in total. The van der Waals surface area contributed by atoms with E-state index in [9.17, 15) is 0 Å². The molecular weight excluding hydrogens is 236 g/mol. The number of nitrogen functional groups attached to an aromatic ring is 1. The summed E-state index contributed by atoms with van der Waals surface area (Å²) in [5.41, 5.74) is 7.79. The van der Waals surface area contributed by atoms with Crippen molar-refractivity contribution in [2.75, 3.05) is 5.73 Å². The first-order valence-electron chi connectivity index (χ1n) is 6.13. The maximum absolute atomic E-state index is 5.94. The van der Waals surface area contributed by atoms with Crippen molar-refractivity contribution < 1.29 is 4.74 Å². The molecule has 1 aromatic heterocycles. The van der Waals surface area contributed by atoms with E-state index in [-0.39, 0.29) is 0 Å². The number of nitrogens with zero attached hydrogens (tertiary/aromatic N) is 1. The minimum atomic E-state index is 0.544. The second-order valence-corrected chi connectivity index (χ2v) is 4.35. The molecule has 19 heavy (non-hydrogen) atoms. The molecule has 0 amide bonds. The summed E-state index contributed by atoms with van der Waals surface area (Å²) in [6.07, 6.45) is 3.51. The molecule has 0 unspecified atom stereocenters. The van der Waals surface area contributed by atoms with Crippen molar-refractivity contribution in [1.82, 2.24) is 4.98 Å². The zero-order valence-electron chi connectivity index (χ0n) is 10.4. The second kappa shape index (κ2) is 4.98. The zero-order valence-corrected chi connectivity index (χ0v) is 10.4. The first-order chi connectivity index (χ1) is 9.34. The smallest absolute Gasteiger partial charge is 0.127 e. The fourth-order valence-corrected chi connectivity index (χ4v) is 2.05. The van der Waals surface area contributed by atoms with E-state index in [1.165, 1.54) is 0 Å². The van der Waals surface area contributed by atoms with Gasteiger partial charge in [-0.25, -0.2) is 0 Å². The van der Waals surface area contributed by atoms with Crippen molar-refractivity contribution in [3.8, 4) is 5.75 Å². The molecule has 3 heteroatoms. The van der Waals surface area contributed by atoms with E-state index < -0.39 is 0 Å². The summed E-state index contributed by atoms with van der Waals surface area (Å²) < 4.78 is 5.88. The van der Waals surface area contributed by atoms with Crippen LogP contribution >= 0.6 is 0 Å². The van der Waals surface area contributed by atoms with Gasteiger partial charge in [-0.1, -0.05) is 30.3 Å². The number of ether oxygens (including phenoxy) is 1. The Morgan fingerprint density at radius 2 is 1.79 bits per heavy atom. The van der Waals surface area contributed by atoms with Crippen molar-refractivity contribution in [2.24, 2.45) is 0 Å². The molecule has 1 heterocycles. The number of fused-ring (bicyclic) bond motifs is 1. The first kappa shape index (κ1) is 11.5. The van der Waals surface area contributed by atoms with Crippen LogP contribution in [0.15, 0.2) is 60.9 Å². The SMILES string of the molecule is Nc1ccc(OCc2ccccc2)c2ccncc12. The molecular formula is C16H14N2O. The van der Waals surface area contributed by atoms with Gasteiger partial charge in [0.25, 0.3) is 0 Å². The predicted molar refractivity (Wildman–Crippen MR) is 76.9 cm³/mol. The number of nitrogens with two attached hydrogens (primary N) is 1. The fraction of sp³-hybridized carbons (Fsp3) is 0.0625. The van der Waals surface area contributed by atoms with Crippen molar-refractivity contribution in [2.45, 2.75) is 6.61 Å². The van der Waals surface area contributed by atoms with E-state index in [2.05, 4.69) is 4.98 Å². The predicted octanol–water partition coefficient (Wildman–Crippen LogP) is 3.40. The zero-order chi connectivity index (χ0) is 13.1. The quantitative estimate of drug-likeness (QED) is 0.725. The molecule has 3 nitrogen and oxygen atoms in total. The highest BCUT2D eigenvalue weighted by atomic mass is 16.5. The Hall–Kier alpha value is -2.55. The van der Waals surface area contributed by atoms with Gasteiger partial charge in [0.15, 0.2) is 0 Å². The van der Waals surface area contributed by atoms with Crippen LogP contribution in [0.4, 0.5) is 5.69 Å². The Kier molecular flexibility index (Phi) is 3.02. The molecule has 0 atom stereocenters. The lowest BCUT2D eigenvalue weighted by molar-refractivity contribution is 0.310. The minimum absolute atomic E-state index is 0.544. The molecule has 0 radical (unpaired) electrons. The van der Waals surface area contributed by atoms with E-state index in [0.717, 1.165) is 27.8 Å². The fourth-order valence-electron chi connectivity index (χ4n) is 2.05. The molecule has 0 bridgehead atoms. The Bertz CT molecular complexity index is 695. The number of aromatic nitrogens is 1. The summed E-state index contributed by atoms with van der Waals surface area (Å²) in [6, 6.07) is 15.8. The maximum Gasteiger partial charge on any atom is 0.127 e. The molecule has 0 aliphatic heterocycles. The Morgan fingerprint density at radius 3 is 2.63 bits per heavy atom. The summed E-state index contributed by atoms with van der Waals surface area (Å²) in [5, 5.41) is 1.92. The van der Waals surface area contributed by atoms with Crippen LogP contribution < -0.4 is 10.5 Å². The molecule has 3 rings (SSSR count). The highest BCUT2D eigenvalue weighted by molar-refractivity contribution is 5.96. The molecule has 3 aromatic rings. The summed E-state index contributed by atoms with van der Waals surface area (Å²) in [6.45, 7) is 0.544. The Morgan fingerprint density at radius 1 is 0.947 bits per heavy atom. The lowest BCUT2D eigenvalue weighted by Gasteiger charge is -2.10. The summed E-state index contributed by atoms with van der Waals surface area (Å²) >= 11 is 0. The highest BCUT2D eigenvalue weighted by Gasteiger charge is 2.05. The van der Waals surface area contributed by atoms with Gasteiger partial charge in [0.1, 0.15) is 12.4 Å². The van der Waals surface area contributed by atoms with Crippen LogP contribution in [0, 0.1) is 0 Å². The van der Waals surface area contributed by atoms with E-state index in [4.69, 9.17) is 10.5 Å².